The number of carbonyl (C=O) groups excluding carboxylic acids is 1. The Morgan fingerprint density at radius 2 is 2.00 bits per heavy atom. The molecule has 0 radical (unpaired) electrons. The molecule has 20 heavy (non-hydrogen) atoms. The minimum Gasteiger partial charge on any atom is -0.508 e. The van der Waals surface area contributed by atoms with E-state index in [9.17, 15) is 9.90 Å². The van der Waals surface area contributed by atoms with Crippen LogP contribution in [-0.4, -0.2) is 10.9 Å². The molecule has 0 aromatic heterocycles. The van der Waals surface area contributed by atoms with Gasteiger partial charge in [0.2, 0.25) is 0 Å². The molecule has 1 aromatic rings. The van der Waals surface area contributed by atoms with Gasteiger partial charge < -0.3 is 5.11 Å². The molecule has 1 N–H and O–H groups in total. The topological polar surface area (TPSA) is 37.3 Å². The number of benzene rings is 1. The van der Waals surface area contributed by atoms with Gasteiger partial charge in [0.1, 0.15) is 5.75 Å². The van der Waals surface area contributed by atoms with Crippen LogP contribution in [0, 0.1) is 18.3 Å². The quantitative estimate of drug-likeness (QED) is 0.777. The highest BCUT2D eigenvalue weighted by Crippen LogP contribution is 2.44. The normalized spacial score (nSPS) is 23.6. The van der Waals surface area contributed by atoms with E-state index in [4.69, 9.17) is 0 Å². The minimum atomic E-state index is -0.334. The summed E-state index contributed by atoms with van der Waals surface area (Å²) >= 11 is 0. The predicted octanol–water partition coefficient (Wildman–Crippen LogP) is 3.81. The van der Waals surface area contributed by atoms with Crippen molar-refractivity contribution >= 4 is 11.9 Å². The van der Waals surface area contributed by atoms with Gasteiger partial charge in [-0.2, -0.15) is 0 Å². The van der Waals surface area contributed by atoms with Crippen molar-refractivity contribution in [2.45, 2.75) is 33.6 Å². The Hall–Kier alpha value is -1.83. The summed E-state index contributed by atoms with van der Waals surface area (Å²) in [5, 5.41) is 9.91. The summed E-state index contributed by atoms with van der Waals surface area (Å²) in [5.41, 5.74) is 4.13. The summed E-state index contributed by atoms with van der Waals surface area (Å²) in [5.74, 6) is 0.814. The highest BCUT2D eigenvalue weighted by molar-refractivity contribution is 5.97. The fourth-order valence-corrected chi connectivity index (χ4v) is 3.37. The number of hydrogen-bond acceptors (Lipinski definition) is 2. The van der Waals surface area contributed by atoms with Crippen LogP contribution >= 0.6 is 0 Å². The van der Waals surface area contributed by atoms with E-state index in [0.717, 1.165) is 24.0 Å². The van der Waals surface area contributed by atoms with Crippen LogP contribution in [0.1, 0.15) is 37.0 Å². The maximum atomic E-state index is 12.1. The highest BCUT2D eigenvalue weighted by Gasteiger charge is 2.39. The van der Waals surface area contributed by atoms with Crippen LogP contribution in [0.3, 0.4) is 0 Å². The van der Waals surface area contributed by atoms with E-state index in [2.05, 4.69) is 12.1 Å². The maximum Gasteiger partial charge on any atom is 0.161 e. The second-order valence-corrected chi connectivity index (χ2v) is 6.49. The molecule has 0 saturated heterocycles. The summed E-state index contributed by atoms with van der Waals surface area (Å²) < 4.78 is 0. The number of aromatic hydroxyl groups is 1. The number of phenolic OH excluding ortho intramolecular Hbond substituents is 1. The number of allylic oxidation sites excluding steroid dienone is 3. The van der Waals surface area contributed by atoms with Gasteiger partial charge in [-0.15, -0.1) is 0 Å². The Balaban J connectivity index is 2.13. The molecular formula is C18H20O2. The Morgan fingerprint density at radius 1 is 1.25 bits per heavy atom. The molecule has 0 fully saturated rings. The minimum absolute atomic E-state index is 0.213. The first-order valence-electron chi connectivity index (χ1n) is 7.16. The van der Waals surface area contributed by atoms with E-state index >= 15 is 0 Å². The summed E-state index contributed by atoms with van der Waals surface area (Å²) in [6.07, 6.45) is 7.71. The van der Waals surface area contributed by atoms with E-state index < -0.39 is 0 Å². The van der Waals surface area contributed by atoms with Gasteiger partial charge in [-0.25, -0.2) is 0 Å². The van der Waals surface area contributed by atoms with Crippen molar-refractivity contribution in [3.63, 3.8) is 0 Å². The van der Waals surface area contributed by atoms with Crippen LogP contribution in [0.2, 0.25) is 0 Å². The van der Waals surface area contributed by atoms with Crippen LogP contribution in [0.5, 0.6) is 5.75 Å². The van der Waals surface area contributed by atoms with Crippen LogP contribution in [0.15, 0.2) is 29.9 Å². The molecule has 1 atom stereocenters. The zero-order chi connectivity index (χ0) is 14.5. The molecule has 2 aliphatic carbocycles. The van der Waals surface area contributed by atoms with Crippen LogP contribution in [-0.2, 0) is 11.2 Å². The van der Waals surface area contributed by atoms with E-state index in [1.165, 1.54) is 11.1 Å². The molecule has 2 nitrogen and oxygen atoms in total. The number of hydrogen-bond donors (Lipinski definition) is 1. The summed E-state index contributed by atoms with van der Waals surface area (Å²) in [6, 6.07) is 3.91. The Labute approximate surface area is 119 Å². The molecule has 3 rings (SSSR count). The lowest BCUT2D eigenvalue weighted by Gasteiger charge is -2.35. The molecule has 0 bridgehead atoms. The predicted molar refractivity (Wildman–Crippen MR) is 80.6 cm³/mol. The Bertz CT molecular complexity index is 648. The third-order valence-corrected chi connectivity index (χ3v) is 4.82. The fraction of sp³-hybridized carbons (Fsp3) is 0.389. The number of ketones is 1. The monoisotopic (exact) mass is 268 g/mol. The molecule has 1 aromatic carbocycles. The second-order valence-electron chi connectivity index (χ2n) is 6.49. The van der Waals surface area contributed by atoms with Crippen LogP contribution in [0.25, 0.3) is 6.08 Å². The highest BCUT2D eigenvalue weighted by atomic mass is 16.3. The van der Waals surface area contributed by atoms with Crippen molar-refractivity contribution < 1.29 is 9.90 Å². The second kappa shape index (κ2) is 4.34. The van der Waals surface area contributed by atoms with Gasteiger partial charge in [-0.05, 0) is 60.1 Å². The van der Waals surface area contributed by atoms with Crippen molar-refractivity contribution in [2.24, 2.45) is 11.3 Å². The lowest BCUT2D eigenvalue weighted by atomic mass is 9.67. The molecule has 2 aliphatic rings. The number of carbonyl (C=O) groups is 1. The zero-order valence-electron chi connectivity index (χ0n) is 12.2. The van der Waals surface area contributed by atoms with Crippen LogP contribution in [0.4, 0.5) is 0 Å². The molecule has 1 unspecified atom stereocenters. The van der Waals surface area contributed by atoms with Gasteiger partial charge in [0.05, 0.1) is 0 Å². The molecule has 2 heteroatoms. The van der Waals surface area contributed by atoms with E-state index in [-0.39, 0.29) is 17.1 Å². The van der Waals surface area contributed by atoms with Gasteiger partial charge in [0, 0.05) is 5.41 Å². The third-order valence-electron chi connectivity index (χ3n) is 4.82. The first kappa shape index (κ1) is 13.2. The van der Waals surface area contributed by atoms with Crippen molar-refractivity contribution in [1.29, 1.82) is 0 Å². The first-order chi connectivity index (χ1) is 9.39. The molecule has 0 spiro atoms. The first-order valence-corrected chi connectivity index (χ1v) is 7.16. The van der Waals surface area contributed by atoms with Crippen LogP contribution < -0.4 is 0 Å². The molecular weight excluding hydrogens is 248 g/mol. The SMILES string of the molecule is Cc1cc2c(cc1O)C=C1C=CC(=O)C(C)(C)C1CC2. The van der Waals surface area contributed by atoms with E-state index in [1.54, 1.807) is 6.08 Å². The lowest BCUT2D eigenvalue weighted by Crippen LogP contribution is -2.35. The van der Waals surface area contributed by atoms with Crippen molar-refractivity contribution in [3.8, 4) is 5.75 Å². The maximum absolute atomic E-state index is 12.1. The number of fused-ring (bicyclic) bond motifs is 2. The van der Waals surface area contributed by atoms with Gasteiger partial charge >= 0.3 is 0 Å². The number of rotatable bonds is 0. The van der Waals surface area contributed by atoms with Crippen molar-refractivity contribution in [2.75, 3.05) is 0 Å². The Kier molecular flexibility index (Phi) is 2.86. The summed E-state index contributed by atoms with van der Waals surface area (Å²) in [4.78, 5) is 12.1. The summed E-state index contributed by atoms with van der Waals surface area (Å²) in [6.45, 7) is 6.00. The zero-order valence-corrected chi connectivity index (χ0v) is 12.2. The number of phenols is 1. The van der Waals surface area contributed by atoms with Crippen molar-refractivity contribution in [3.05, 3.63) is 46.5 Å². The van der Waals surface area contributed by atoms with Gasteiger partial charge in [0.25, 0.3) is 0 Å². The average molecular weight is 268 g/mol. The van der Waals surface area contributed by atoms with Crippen molar-refractivity contribution in [1.82, 2.24) is 0 Å². The lowest BCUT2D eigenvalue weighted by molar-refractivity contribution is -0.124. The molecule has 0 amide bonds. The fourth-order valence-electron chi connectivity index (χ4n) is 3.37. The number of aryl methyl sites for hydroxylation is 2. The van der Waals surface area contributed by atoms with Gasteiger partial charge in [0.15, 0.2) is 5.78 Å². The summed E-state index contributed by atoms with van der Waals surface area (Å²) in [7, 11) is 0. The largest absolute Gasteiger partial charge is 0.508 e. The molecule has 0 saturated carbocycles. The molecule has 0 aliphatic heterocycles. The van der Waals surface area contributed by atoms with Gasteiger partial charge in [-0.3, -0.25) is 4.79 Å². The third kappa shape index (κ3) is 1.91. The average Bonchev–Trinajstić information content (AvgIpc) is 2.55. The standard InChI is InChI=1S/C18H20O2/c1-11-8-12-4-6-15-13(9-14(12)10-16(11)19)5-7-17(20)18(15,2)3/h5,7-10,15,19H,4,6H2,1-3H3. The molecule has 0 heterocycles. The smallest absolute Gasteiger partial charge is 0.161 e. The van der Waals surface area contributed by atoms with Gasteiger partial charge in [-0.1, -0.05) is 32.1 Å². The van der Waals surface area contributed by atoms with E-state index in [0.29, 0.717) is 5.75 Å². The molecule has 104 valence electrons. The Morgan fingerprint density at radius 3 is 2.75 bits per heavy atom. The van der Waals surface area contributed by atoms with E-state index in [1.807, 2.05) is 32.9 Å².